The van der Waals surface area contributed by atoms with Gasteiger partial charge in [0.25, 0.3) is 0 Å². The minimum atomic E-state index is -0.514. The van der Waals surface area contributed by atoms with Gasteiger partial charge in [-0.3, -0.25) is 0 Å². The Morgan fingerprint density at radius 1 is 1.15 bits per heavy atom. The summed E-state index contributed by atoms with van der Waals surface area (Å²) >= 11 is 0. The summed E-state index contributed by atoms with van der Waals surface area (Å²) < 4.78 is 25.8. The van der Waals surface area contributed by atoms with E-state index >= 15 is 0 Å². The van der Waals surface area contributed by atoms with E-state index in [0.29, 0.717) is 5.56 Å². The van der Waals surface area contributed by atoms with Gasteiger partial charge in [0, 0.05) is 11.6 Å². The zero-order valence-corrected chi connectivity index (χ0v) is 7.19. The number of hydrogen-bond acceptors (Lipinski definition) is 0. The van der Waals surface area contributed by atoms with E-state index in [1.165, 1.54) is 12.1 Å². The Bertz CT molecular complexity index is 353. The van der Waals surface area contributed by atoms with E-state index in [1.807, 2.05) is 6.08 Å². The zero-order chi connectivity index (χ0) is 9.26. The van der Waals surface area contributed by atoms with Gasteiger partial charge in [-0.25, -0.2) is 8.78 Å². The van der Waals surface area contributed by atoms with E-state index in [9.17, 15) is 8.78 Å². The van der Waals surface area contributed by atoms with Crippen molar-refractivity contribution < 1.29 is 8.78 Å². The SMILES string of the molecule is Fc1ccc(C2=CCCC2)c(F)c1. The van der Waals surface area contributed by atoms with Crippen LogP contribution in [0.2, 0.25) is 0 Å². The number of benzene rings is 1. The van der Waals surface area contributed by atoms with Crippen molar-refractivity contribution in [3.8, 4) is 0 Å². The Hall–Kier alpha value is -1.18. The van der Waals surface area contributed by atoms with Crippen LogP contribution in [0.3, 0.4) is 0 Å². The third kappa shape index (κ3) is 1.62. The molecule has 1 aromatic rings. The highest BCUT2D eigenvalue weighted by atomic mass is 19.1. The van der Waals surface area contributed by atoms with Crippen LogP contribution in [0.25, 0.3) is 5.57 Å². The quantitative estimate of drug-likeness (QED) is 0.620. The fourth-order valence-electron chi connectivity index (χ4n) is 1.67. The van der Waals surface area contributed by atoms with Crippen molar-refractivity contribution in [1.29, 1.82) is 0 Å². The van der Waals surface area contributed by atoms with Crippen LogP contribution >= 0.6 is 0 Å². The maximum atomic E-state index is 13.2. The largest absolute Gasteiger partial charge is 0.207 e. The molecule has 0 bridgehead atoms. The van der Waals surface area contributed by atoms with Crippen LogP contribution in [0.5, 0.6) is 0 Å². The summed E-state index contributed by atoms with van der Waals surface area (Å²) in [6.45, 7) is 0. The second-order valence-electron chi connectivity index (χ2n) is 3.25. The highest BCUT2D eigenvalue weighted by Crippen LogP contribution is 2.29. The molecule has 0 saturated carbocycles. The molecule has 0 aliphatic heterocycles. The summed E-state index contributed by atoms with van der Waals surface area (Å²) in [5.74, 6) is -0.965. The molecule has 0 amide bonds. The minimum absolute atomic E-state index is 0.451. The molecule has 1 aliphatic carbocycles. The first-order valence-electron chi connectivity index (χ1n) is 4.42. The van der Waals surface area contributed by atoms with Crippen LogP contribution in [0.4, 0.5) is 8.78 Å². The van der Waals surface area contributed by atoms with Gasteiger partial charge in [0.05, 0.1) is 0 Å². The van der Waals surface area contributed by atoms with Crippen molar-refractivity contribution >= 4 is 5.57 Å². The smallest absolute Gasteiger partial charge is 0.133 e. The van der Waals surface area contributed by atoms with E-state index < -0.39 is 11.6 Å². The summed E-state index contributed by atoms with van der Waals surface area (Å²) in [7, 11) is 0. The van der Waals surface area contributed by atoms with Crippen molar-refractivity contribution in [3.63, 3.8) is 0 Å². The maximum Gasteiger partial charge on any atom is 0.133 e. The lowest BCUT2D eigenvalue weighted by molar-refractivity contribution is 0.580. The van der Waals surface area contributed by atoms with Crippen molar-refractivity contribution in [2.75, 3.05) is 0 Å². The summed E-state index contributed by atoms with van der Waals surface area (Å²) in [4.78, 5) is 0. The zero-order valence-electron chi connectivity index (χ0n) is 7.19. The molecular weight excluding hydrogens is 170 g/mol. The van der Waals surface area contributed by atoms with E-state index in [2.05, 4.69) is 0 Å². The maximum absolute atomic E-state index is 13.2. The third-order valence-corrected chi connectivity index (χ3v) is 2.32. The number of allylic oxidation sites excluding steroid dienone is 2. The molecule has 0 atom stereocenters. The first-order chi connectivity index (χ1) is 6.27. The number of rotatable bonds is 1. The normalized spacial score (nSPS) is 16.0. The Morgan fingerprint density at radius 2 is 2.00 bits per heavy atom. The molecule has 1 aliphatic rings. The van der Waals surface area contributed by atoms with Crippen molar-refractivity contribution in [1.82, 2.24) is 0 Å². The molecule has 0 heterocycles. The standard InChI is InChI=1S/C11H10F2/c12-9-5-6-10(11(13)7-9)8-3-1-2-4-8/h3,5-7H,1-2,4H2. The van der Waals surface area contributed by atoms with Crippen LogP contribution in [0, 0.1) is 11.6 Å². The van der Waals surface area contributed by atoms with Gasteiger partial charge in [0.1, 0.15) is 11.6 Å². The van der Waals surface area contributed by atoms with E-state index in [0.717, 1.165) is 30.9 Å². The Morgan fingerprint density at radius 3 is 2.62 bits per heavy atom. The van der Waals surface area contributed by atoms with Crippen LogP contribution < -0.4 is 0 Å². The second-order valence-corrected chi connectivity index (χ2v) is 3.25. The summed E-state index contributed by atoms with van der Waals surface area (Å²) in [6, 6.07) is 3.76. The molecule has 0 N–H and O–H groups in total. The molecular formula is C11H10F2. The molecule has 68 valence electrons. The fraction of sp³-hybridized carbons (Fsp3) is 0.273. The van der Waals surface area contributed by atoms with Crippen LogP contribution in [0.1, 0.15) is 24.8 Å². The number of hydrogen-bond donors (Lipinski definition) is 0. The summed E-state index contributed by atoms with van der Waals surface area (Å²) in [6.07, 6.45) is 5.01. The van der Waals surface area contributed by atoms with Gasteiger partial charge in [-0.05, 0) is 37.0 Å². The van der Waals surface area contributed by atoms with E-state index in [4.69, 9.17) is 0 Å². The molecule has 2 heteroatoms. The fourth-order valence-corrected chi connectivity index (χ4v) is 1.67. The first-order valence-corrected chi connectivity index (χ1v) is 4.42. The van der Waals surface area contributed by atoms with Crippen LogP contribution in [-0.2, 0) is 0 Å². The Balaban J connectivity index is 2.40. The van der Waals surface area contributed by atoms with E-state index in [-0.39, 0.29) is 0 Å². The predicted molar refractivity (Wildman–Crippen MR) is 48.2 cm³/mol. The lowest BCUT2D eigenvalue weighted by atomic mass is 10.1. The molecule has 1 aromatic carbocycles. The Labute approximate surface area is 75.9 Å². The first kappa shape index (κ1) is 8.42. The van der Waals surface area contributed by atoms with Gasteiger partial charge in [-0.2, -0.15) is 0 Å². The van der Waals surface area contributed by atoms with Crippen molar-refractivity contribution in [2.24, 2.45) is 0 Å². The molecule has 0 aromatic heterocycles. The predicted octanol–water partition coefficient (Wildman–Crippen LogP) is 3.53. The van der Waals surface area contributed by atoms with Gasteiger partial charge < -0.3 is 0 Å². The van der Waals surface area contributed by atoms with Gasteiger partial charge in [0.2, 0.25) is 0 Å². The van der Waals surface area contributed by atoms with Crippen molar-refractivity contribution in [3.05, 3.63) is 41.5 Å². The average molecular weight is 180 g/mol. The third-order valence-electron chi connectivity index (χ3n) is 2.32. The highest BCUT2D eigenvalue weighted by molar-refractivity contribution is 5.67. The van der Waals surface area contributed by atoms with Gasteiger partial charge in [0.15, 0.2) is 0 Å². The molecule has 0 spiro atoms. The molecule has 0 nitrogen and oxygen atoms in total. The van der Waals surface area contributed by atoms with Crippen LogP contribution in [-0.4, -0.2) is 0 Å². The summed E-state index contributed by atoms with van der Waals surface area (Å²) in [5, 5.41) is 0. The van der Waals surface area contributed by atoms with Gasteiger partial charge >= 0.3 is 0 Å². The molecule has 0 saturated heterocycles. The molecule has 0 fully saturated rings. The molecule has 2 rings (SSSR count). The lowest BCUT2D eigenvalue weighted by Gasteiger charge is -2.03. The molecule has 13 heavy (non-hydrogen) atoms. The highest BCUT2D eigenvalue weighted by Gasteiger charge is 2.11. The van der Waals surface area contributed by atoms with Gasteiger partial charge in [-0.1, -0.05) is 6.08 Å². The minimum Gasteiger partial charge on any atom is -0.207 e. The molecule has 0 radical (unpaired) electrons. The van der Waals surface area contributed by atoms with Crippen molar-refractivity contribution in [2.45, 2.75) is 19.3 Å². The monoisotopic (exact) mass is 180 g/mol. The molecule has 0 unspecified atom stereocenters. The van der Waals surface area contributed by atoms with Crippen LogP contribution in [0.15, 0.2) is 24.3 Å². The van der Waals surface area contributed by atoms with Gasteiger partial charge in [-0.15, -0.1) is 0 Å². The van der Waals surface area contributed by atoms with E-state index in [1.54, 1.807) is 0 Å². The topological polar surface area (TPSA) is 0 Å². The Kier molecular flexibility index (Phi) is 2.13. The second kappa shape index (κ2) is 3.29. The summed E-state index contributed by atoms with van der Waals surface area (Å²) in [5.41, 5.74) is 1.57. The average Bonchev–Trinajstić information content (AvgIpc) is 2.56. The lowest BCUT2D eigenvalue weighted by Crippen LogP contribution is -1.88. The number of halogens is 2.